The van der Waals surface area contributed by atoms with Crippen LogP contribution in [0.4, 0.5) is 5.69 Å². The van der Waals surface area contributed by atoms with Crippen molar-refractivity contribution in [3.63, 3.8) is 0 Å². The van der Waals surface area contributed by atoms with Crippen LogP contribution in [0.3, 0.4) is 0 Å². The minimum absolute atomic E-state index is 0.0723. The van der Waals surface area contributed by atoms with Gasteiger partial charge < -0.3 is 19.9 Å². The number of pyridine rings is 1. The second-order valence-corrected chi connectivity index (χ2v) is 9.05. The molecular formula is C26H31N3O2S. The Bertz CT molecular complexity index is 1160. The summed E-state index contributed by atoms with van der Waals surface area (Å²) in [5, 5.41) is 5.00. The molecule has 1 unspecified atom stereocenters. The molecule has 32 heavy (non-hydrogen) atoms. The Hall–Kier alpha value is -2.70. The number of nitrogens with one attached hydrogen (secondary N) is 2. The number of H-pyrrole nitrogens is 1. The highest BCUT2D eigenvalue weighted by Crippen LogP contribution is 2.20. The number of hydrogen-bond acceptors (Lipinski definition) is 3. The lowest BCUT2D eigenvalue weighted by Gasteiger charge is -2.28. The SMILES string of the molecule is CCc1ccc(NC(=S)N(Cc2cc3cc(C)cc(C)c3[nH]c2=O)CC2CCCO2)cc1. The van der Waals surface area contributed by atoms with Crippen molar-refractivity contribution >= 4 is 33.9 Å². The van der Waals surface area contributed by atoms with Gasteiger partial charge in [-0.3, -0.25) is 4.79 Å². The summed E-state index contributed by atoms with van der Waals surface area (Å²) < 4.78 is 5.87. The number of ether oxygens (including phenoxy) is 1. The average molecular weight is 450 g/mol. The molecule has 1 saturated heterocycles. The molecule has 0 spiro atoms. The number of benzene rings is 2. The number of aromatic amines is 1. The molecule has 1 aromatic heterocycles. The van der Waals surface area contributed by atoms with E-state index in [2.05, 4.69) is 53.3 Å². The Balaban J connectivity index is 1.60. The number of hydrogen-bond donors (Lipinski definition) is 2. The first-order chi connectivity index (χ1) is 15.4. The zero-order valence-corrected chi connectivity index (χ0v) is 19.8. The molecule has 2 aromatic carbocycles. The lowest BCUT2D eigenvalue weighted by atomic mass is 10.1. The van der Waals surface area contributed by atoms with Crippen LogP contribution in [0.1, 0.15) is 42.0 Å². The quantitative estimate of drug-likeness (QED) is 0.514. The summed E-state index contributed by atoms with van der Waals surface area (Å²) in [6.45, 7) is 8.11. The van der Waals surface area contributed by atoms with Crippen LogP contribution in [-0.2, 0) is 17.7 Å². The van der Waals surface area contributed by atoms with E-state index in [0.717, 1.165) is 48.0 Å². The van der Waals surface area contributed by atoms with E-state index in [0.29, 0.717) is 23.8 Å². The molecule has 3 aromatic rings. The Kier molecular flexibility index (Phi) is 6.92. The summed E-state index contributed by atoms with van der Waals surface area (Å²) in [5.74, 6) is 0. The van der Waals surface area contributed by atoms with Crippen molar-refractivity contribution < 1.29 is 4.74 Å². The van der Waals surface area contributed by atoms with Crippen molar-refractivity contribution in [3.8, 4) is 0 Å². The molecule has 0 saturated carbocycles. The minimum Gasteiger partial charge on any atom is -0.376 e. The van der Waals surface area contributed by atoms with Crippen LogP contribution < -0.4 is 10.9 Å². The molecule has 2 N–H and O–H groups in total. The molecule has 0 aliphatic carbocycles. The topological polar surface area (TPSA) is 57.4 Å². The van der Waals surface area contributed by atoms with Gasteiger partial charge in [0.2, 0.25) is 0 Å². The fourth-order valence-corrected chi connectivity index (χ4v) is 4.59. The third-order valence-electron chi connectivity index (χ3n) is 6.08. The average Bonchev–Trinajstić information content (AvgIpc) is 3.28. The van der Waals surface area contributed by atoms with Crippen molar-refractivity contribution in [2.24, 2.45) is 0 Å². The Morgan fingerprint density at radius 3 is 2.69 bits per heavy atom. The third-order valence-corrected chi connectivity index (χ3v) is 6.44. The Morgan fingerprint density at radius 2 is 2.00 bits per heavy atom. The van der Waals surface area contributed by atoms with Crippen molar-refractivity contribution in [3.05, 3.63) is 75.1 Å². The molecule has 0 bridgehead atoms. The fourth-order valence-electron chi connectivity index (χ4n) is 4.33. The van der Waals surface area contributed by atoms with Gasteiger partial charge in [0.05, 0.1) is 18.2 Å². The fraction of sp³-hybridized carbons (Fsp3) is 0.385. The standard InChI is InChI=1S/C26H31N3O2S/c1-4-19-7-9-22(10-8-19)27-26(32)29(16-23-6-5-11-31-23)15-21-14-20-13-17(2)12-18(3)24(20)28-25(21)30/h7-10,12-14,23H,4-6,11,15-16H2,1-3H3,(H,27,32)(H,28,30). The van der Waals surface area contributed by atoms with Crippen molar-refractivity contribution in [2.75, 3.05) is 18.5 Å². The molecular weight excluding hydrogens is 418 g/mol. The van der Waals surface area contributed by atoms with Crippen LogP contribution in [0.5, 0.6) is 0 Å². The van der Waals surface area contributed by atoms with Gasteiger partial charge in [-0.2, -0.15) is 0 Å². The predicted octanol–water partition coefficient (Wildman–Crippen LogP) is 5.09. The van der Waals surface area contributed by atoms with E-state index in [9.17, 15) is 4.79 Å². The molecule has 6 heteroatoms. The maximum absolute atomic E-state index is 12.9. The van der Waals surface area contributed by atoms with Gasteiger partial charge in [-0.15, -0.1) is 0 Å². The van der Waals surface area contributed by atoms with E-state index in [4.69, 9.17) is 17.0 Å². The Morgan fingerprint density at radius 1 is 1.22 bits per heavy atom. The van der Waals surface area contributed by atoms with Crippen LogP contribution >= 0.6 is 12.2 Å². The molecule has 5 nitrogen and oxygen atoms in total. The van der Waals surface area contributed by atoms with Gasteiger partial charge in [-0.25, -0.2) is 0 Å². The maximum Gasteiger partial charge on any atom is 0.253 e. The van der Waals surface area contributed by atoms with E-state index < -0.39 is 0 Å². The number of aromatic nitrogens is 1. The number of nitrogens with zero attached hydrogens (tertiary/aromatic N) is 1. The second kappa shape index (κ2) is 9.84. The molecule has 168 valence electrons. The van der Waals surface area contributed by atoms with E-state index in [1.54, 1.807) is 0 Å². The van der Waals surface area contributed by atoms with Gasteiger partial charge in [0.15, 0.2) is 5.11 Å². The minimum atomic E-state index is -0.0723. The summed E-state index contributed by atoms with van der Waals surface area (Å²) in [7, 11) is 0. The van der Waals surface area contributed by atoms with Crippen molar-refractivity contribution in [2.45, 2.75) is 52.7 Å². The summed E-state index contributed by atoms with van der Waals surface area (Å²) in [5.41, 5.74) is 6.01. The van der Waals surface area contributed by atoms with Gasteiger partial charge in [0.25, 0.3) is 5.56 Å². The molecule has 1 atom stereocenters. The summed E-state index contributed by atoms with van der Waals surface area (Å²) >= 11 is 5.78. The van der Waals surface area contributed by atoms with Gasteiger partial charge in [0.1, 0.15) is 0 Å². The zero-order valence-electron chi connectivity index (χ0n) is 19.0. The first-order valence-corrected chi connectivity index (χ1v) is 11.7. The van der Waals surface area contributed by atoms with Crippen LogP contribution in [0, 0.1) is 13.8 Å². The van der Waals surface area contributed by atoms with Gasteiger partial charge in [-0.1, -0.05) is 30.7 Å². The van der Waals surface area contributed by atoms with Crippen molar-refractivity contribution in [1.82, 2.24) is 9.88 Å². The maximum atomic E-state index is 12.9. The largest absolute Gasteiger partial charge is 0.376 e. The zero-order chi connectivity index (χ0) is 22.7. The summed E-state index contributed by atoms with van der Waals surface area (Å²) in [4.78, 5) is 18.0. The molecule has 1 aliphatic heterocycles. The lowest BCUT2D eigenvalue weighted by Crippen LogP contribution is -2.40. The first kappa shape index (κ1) is 22.5. The lowest BCUT2D eigenvalue weighted by molar-refractivity contribution is 0.0904. The molecule has 4 rings (SSSR count). The molecule has 0 radical (unpaired) electrons. The summed E-state index contributed by atoms with van der Waals surface area (Å²) in [6.07, 6.45) is 3.20. The monoisotopic (exact) mass is 449 g/mol. The van der Waals surface area contributed by atoms with Gasteiger partial charge >= 0.3 is 0 Å². The molecule has 2 heterocycles. The second-order valence-electron chi connectivity index (χ2n) is 8.67. The highest BCUT2D eigenvalue weighted by atomic mass is 32.1. The van der Waals surface area contributed by atoms with Crippen LogP contribution in [-0.4, -0.2) is 34.3 Å². The number of rotatable bonds is 6. The highest BCUT2D eigenvalue weighted by Gasteiger charge is 2.22. The smallest absolute Gasteiger partial charge is 0.253 e. The number of anilines is 1. The number of aryl methyl sites for hydroxylation is 3. The van der Waals surface area contributed by atoms with Gasteiger partial charge in [0, 0.05) is 24.4 Å². The van der Waals surface area contributed by atoms with Crippen LogP contribution in [0.25, 0.3) is 10.9 Å². The number of fused-ring (bicyclic) bond motifs is 1. The highest BCUT2D eigenvalue weighted by molar-refractivity contribution is 7.80. The molecule has 1 fully saturated rings. The van der Waals surface area contributed by atoms with Gasteiger partial charge in [-0.05, 0) is 86.1 Å². The molecule has 0 amide bonds. The third kappa shape index (κ3) is 5.19. The van der Waals surface area contributed by atoms with Crippen molar-refractivity contribution in [1.29, 1.82) is 0 Å². The predicted molar refractivity (Wildman–Crippen MR) is 135 cm³/mol. The Labute approximate surface area is 194 Å². The van der Waals surface area contributed by atoms with E-state index in [-0.39, 0.29) is 11.7 Å². The molecule has 1 aliphatic rings. The van der Waals surface area contributed by atoms with E-state index in [1.165, 1.54) is 11.1 Å². The van der Waals surface area contributed by atoms with Crippen LogP contribution in [0.2, 0.25) is 0 Å². The van der Waals surface area contributed by atoms with E-state index in [1.807, 2.05) is 25.1 Å². The number of thiocarbonyl (C=S) groups is 1. The van der Waals surface area contributed by atoms with E-state index >= 15 is 0 Å². The van der Waals surface area contributed by atoms with Crippen LogP contribution in [0.15, 0.2) is 47.3 Å². The normalized spacial score (nSPS) is 15.8. The summed E-state index contributed by atoms with van der Waals surface area (Å²) in [6, 6.07) is 14.5. The first-order valence-electron chi connectivity index (χ1n) is 11.3.